The Labute approximate surface area is 99.5 Å². The van der Waals surface area contributed by atoms with E-state index in [1.807, 2.05) is 12.4 Å². The normalized spacial score (nSPS) is 12.7. The van der Waals surface area contributed by atoms with Gasteiger partial charge >= 0.3 is 0 Å². The van der Waals surface area contributed by atoms with Crippen LogP contribution in [0.2, 0.25) is 0 Å². The van der Waals surface area contributed by atoms with Crippen molar-refractivity contribution in [2.24, 2.45) is 0 Å². The minimum absolute atomic E-state index is 0.477. The molecule has 1 heterocycles. The fourth-order valence-electron chi connectivity index (χ4n) is 2.05. The molecular weight excluding hydrogens is 196 g/mol. The van der Waals surface area contributed by atoms with E-state index in [-0.39, 0.29) is 0 Å². The second-order valence-corrected chi connectivity index (χ2v) is 4.34. The Balaban J connectivity index is 2.65. The van der Waals surface area contributed by atoms with Gasteiger partial charge in [0.25, 0.3) is 0 Å². The lowest BCUT2D eigenvalue weighted by atomic mass is 9.98. The molecule has 0 aliphatic carbocycles. The average molecular weight is 220 g/mol. The van der Waals surface area contributed by atoms with Crippen LogP contribution in [-0.4, -0.2) is 11.5 Å². The molecule has 0 radical (unpaired) electrons. The fourth-order valence-corrected chi connectivity index (χ4v) is 2.05. The minimum Gasteiger partial charge on any atom is -0.310 e. The van der Waals surface area contributed by atoms with Crippen molar-refractivity contribution in [1.29, 1.82) is 0 Å². The van der Waals surface area contributed by atoms with Crippen LogP contribution in [0.4, 0.5) is 0 Å². The smallest absolute Gasteiger partial charge is 0.0338 e. The quantitative estimate of drug-likeness (QED) is 0.710. The molecular formula is C14H24N2. The lowest BCUT2D eigenvalue weighted by molar-refractivity contribution is 0.484. The van der Waals surface area contributed by atoms with Gasteiger partial charge in [0.2, 0.25) is 0 Å². The van der Waals surface area contributed by atoms with E-state index < -0.39 is 0 Å². The summed E-state index contributed by atoms with van der Waals surface area (Å²) >= 11 is 0. The van der Waals surface area contributed by atoms with Crippen LogP contribution in [0.3, 0.4) is 0 Å². The van der Waals surface area contributed by atoms with Gasteiger partial charge in [-0.25, -0.2) is 0 Å². The van der Waals surface area contributed by atoms with Crippen molar-refractivity contribution in [3.05, 3.63) is 29.6 Å². The Morgan fingerprint density at radius 1 is 1.31 bits per heavy atom. The first-order chi connectivity index (χ1) is 7.79. The number of unbranched alkanes of at least 4 members (excludes halogenated alkanes) is 2. The third-order valence-corrected chi connectivity index (χ3v) is 3.00. The molecule has 0 fully saturated rings. The van der Waals surface area contributed by atoms with E-state index in [0.717, 1.165) is 6.54 Å². The number of hydrogen-bond donors (Lipinski definition) is 1. The van der Waals surface area contributed by atoms with Crippen molar-refractivity contribution in [1.82, 2.24) is 10.3 Å². The van der Waals surface area contributed by atoms with Crippen LogP contribution in [0, 0.1) is 6.92 Å². The van der Waals surface area contributed by atoms with E-state index in [2.05, 4.69) is 37.1 Å². The molecule has 1 aromatic heterocycles. The van der Waals surface area contributed by atoms with Gasteiger partial charge in [-0.1, -0.05) is 33.1 Å². The summed E-state index contributed by atoms with van der Waals surface area (Å²) in [6, 6.07) is 2.57. The predicted molar refractivity (Wildman–Crippen MR) is 69.5 cm³/mol. The number of rotatable bonds is 7. The van der Waals surface area contributed by atoms with E-state index in [1.54, 1.807) is 0 Å². The summed E-state index contributed by atoms with van der Waals surface area (Å²) in [6.07, 6.45) is 8.99. The molecule has 0 aliphatic heterocycles. The highest BCUT2D eigenvalue weighted by Gasteiger charge is 2.11. The lowest BCUT2D eigenvalue weighted by Gasteiger charge is -2.19. The van der Waals surface area contributed by atoms with Gasteiger partial charge in [0.05, 0.1) is 0 Å². The molecule has 0 saturated heterocycles. The van der Waals surface area contributed by atoms with Gasteiger partial charge in [-0.3, -0.25) is 4.98 Å². The minimum atomic E-state index is 0.477. The maximum atomic E-state index is 4.24. The molecule has 90 valence electrons. The van der Waals surface area contributed by atoms with Crippen LogP contribution >= 0.6 is 0 Å². The van der Waals surface area contributed by atoms with Crippen LogP contribution in [0.25, 0.3) is 0 Å². The number of aromatic nitrogens is 1. The third kappa shape index (κ3) is 3.93. The van der Waals surface area contributed by atoms with Crippen LogP contribution in [-0.2, 0) is 0 Å². The van der Waals surface area contributed by atoms with Crippen LogP contribution < -0.4 is 5.32 Å². The summed E-state index contributed by atoms with van der Waals surface area (Å²) in [7, 11) is 0. The standard InChI is InChI=1S/C14H24N2/c1-4-6-7-8-14(16-5-2)13-11-15-10-9-12(13)3/h9-11,14,16H,4-8H2,1-3H3. The fraction of sp³-hybridized carbons (Fsp3) is 0.643. The highest BCUT2D eigenvalue weighted by atomic mass is 14.9. The number of pyridine rings is 1. The monoisotopic (exact) mass is 220 g/mol. The second kappa shape index (κ2) is 7.39. The van der Waals surface area contributed by atoms with Crippen LogP contribution in [0.1, 0.15) is 56.7 Å². The van der Waals surface area contributed by atoms with Crippen LogP contribution in [0.15, 0.2) is 18.5 Å². The average Bonchev–Trinajstić information content (AvgIpc) is 2.29. The molecule has 1 rings (SSSR count). The first kappa shape index (κ1) is 13.2. The van der Waals surface area contributed by atoms with Crippen molar-refractivity contribution in [2.75, 3.05) is 6.54 Å². The molecule has 16 heavy (non-hydrogen) atoms. The predicted octanol–water partition coefficient (Wildman–Crippen LogP) is 3.62. The van der Waals surface area contributed by atoms with Crippen molar-refractivity contribution >= 4 is 0 Å². The van der Waals surface area contributed by atoms with Crippen molar-refractivity contribution < 1.29 is 0 Å². The SMILES string of the molecule is CCCCCC(NCC)c1cnccc1C. The van der Waals surface area contributed by atoms with Gasteiger partial charge in [-0.15, -0.1) is 0 Å². The van der Waals surface area contributed by atoms with Gasteiger partial charge in [-0.2, -0.15) is 0 Å². The number of nitrogens with one attached hydrogen (secondary N) is 1. The van der Waals surface area contributed by atoms with Gasteiger partial charge in [0.15, 0.2) is 0 Å². The van der Waals surface area contributed by atoms with E-state index in [0.29, 0.717) is 6.04 Å². The Bertz CT molecular complexity index is 297. The number of hydrogen-bond acceptors (Lipinski definition) is 2. The molecule has 1 atom stereocenters. The maximum Gasteiger partial charge on any atom is 0.0338 e. The summed E-state index contributed by atoms with van der Waals surface area (Å²) in [4.78, 5) is 4.24. The Morgan fingerprint density at radius 2 is 2.12 bits per heavy atom. The van der Waals surface area contributed by atoms with Crippen molar-refractivity contribution in [3.63, 3.8) is 0 Å². The van der Waals surface area contributed by atoms with E-state index in [4.69, 9.17) is 0 Å². The number of nitrogens with zero attached hydrogens (tertiary/aromatic N) is 1. The summed E-state index contributed by atoms with van der Waals surface area (Å²) in [5.74, 6) is 0. The summed E-state index contributed by atoms with van der Waals surface area (Å²) in [6.45, 7) is 7.60. The molecule has 0 aromatic carbocycles. The molecule has 2 nitrogen and oxygen atoms in total. The van der Waals surface area contributed by atoms with Gasteiger partial charge in [0.1, 0.15) is 0 Å². The van der Waals surface area contributed by atoms with E-state index >= 15 is 0 Å². The molecule has 0 aliphatic rings. The third-order valence-electron chi connectivity index (χ3n) is 3.00. The largest absolute Gasteiger partial charge is 0.310 e. The summed E-state index contributed by atoms with van der Waals surface area (Å²) < 4.78 is 0. The summed E-state index contributed by atoms with van der Waals surface area (Å²) in [5.41, 5.74) is 2.71. The number of aryl methyl sites for hydroxylation is 1. The zero-order valence-electron chi connectivity index (χ0n) is 10.8. The van der Waals surface area contributed by atoms with Gasteiger partial charge in [0, 0.05) is 18.4 Å². The first-order valence-electron chi connectivity index (χ1n) is 6.43. The lowest BCUT2D eigenvalue weighted by Crippen LogP contribution is -2.21. The molecule has 1 aromatic rings. The maximum absolute atomic E-state index is 4.24. The van der Waals surface area contributed by atoms with Crippen molar-refractivity contribution in [3.8, 4) is 0 Å². The van der Waals surface area contributed by atoms with E-state index in [9.17, 15) is 0 Å². The molecule has 0 amide bonds. The van der Waals surface area contributed by atoms with Gasteiger partial charge < -0.3 is 5.32 Å². The summed E-state index contributed by atoms with van der Waals surface area (Å²) in [5, 5.41) is 3.56. The second-order valence-electron chi connectivity index (χ2n) is 4.34. The van der Waals surface area contributed by atoms with Crippen molar-refractivity contribution in [2.45, 2.75) is 52.5 Å². The van der Waals surface area contributed by atoms with Crippen LogP contribution in [0.5, 0.6) is 0 Å². The molecule has 2 heteroatoms. The topological polar surface area (TPSA) is 24.9 Å². The zero-order chi connectivity index (χ0) is 11.8. The highest BCUT2D eigenvalue weighted by molar-refractivity contribution is 5.24. The molecule has 0 spiro atoms. The Hall–Kier alpha value is -0.890. The molecule has 0 bridgehead atoms. The Morgan fingerprint density at radius 3 is 2.75 bits per heavy atom. The molecule has 0 saturated carbocycles. The molecule has 1 unspecified atom stereocenters. The first-order valence-corrected chi connectivity index (χ1v) is 6.43. The van der Waals surface area contributed by atoms with E-state index in [1.165, 1.54) is 36.8 Å². The zero-order valence-corrected chi connectivity index (χ0v) is 10.8. The highest BCUT2D eigenvalue weighted by Crippen LogP contribution is 2.21. The Kier molecular flexibility index (Phi) is 6.09. The van der Waals surface area contributed by atoms with Gasteiger partial charge in [-0.05, 0) is 37.1 Å². The molecule has 1 N–H and O–H groups in total.